The number of H-pyrrole nitrogens is 1. The molecule has 0 aliphatic heterocycles. The van der Waals surface area contributed by atoms with Gasteiger partial charge in [0.15, 0.2) is 5.16 Å². The van der Waals surface area contributed by atoms with Gasteiger partial charge in [-0.1, -0.05) is 11.8 Å². The summed E-state index contributed by atoms with van der Waals surface area (Å²) in [6.07, 6.45) is -0.147. The SMILES string of the molecule is COC(=O)Cc1cc(=O)[nH]c(S[C@H](C)C(=O)NC(=O)NC(C)C)n1. The molecule has 1 rings (SSSR count). The van der Waals surface area contributed by atoms with Crippen molar-refractivity contribution in [3.8, 4) is 0 Å². The lowest BCUT2D eigenvalue weighted by Crippen LogP contribution is -2.45. The van der Waals surface area contributed by atoms with Crippen LogP contribution in [0.25, 0.3) is 0 Å². The molecule has 0 bridgehead atoms. The Labute approximate surface area is 143 Å². The highest BCUT2D eigenvalue weighted by atomic mass is 32.2. The van der Waals surface area contributed by atoms with E-state index in [4.69, 9.17) is 0 Å². The molecule has 0 aliphatic carbocycles. The fraction of sp³-hybridized carbons (Fsp3) is 0.500. The van der Waals surface area contributed by atoms with Crippen LogP contribution in [-0.4, -0.2) is 46.3 Å². The highest BCUT2D eigenvalue weighted by molar-refractivity contribution is 8.00. The number of hydrogen-bond acceptors (Lipinski definition) is 7. The van der Waals surface area contributed by atoms with Crippen LogP contribution in [0, 0.1) is 0 Å². The van der Waals surface area contributed by atoms with E-state index in [1.807, 2.05) is 0 Å². The minimum Gasteiger partial charge on any atom is -0.469 e. The summed E-state index contributed by atoms with van der Waals surface area (Å²) in [7, 11) is 1.24. The summed E-state index contributed by atoms with van der Waals surface area (Å²) < 4.78 is 4.52. The van der Waals surface area contributed by atoms with E-state index in [1.165, 1.54) is 13.2 Å². The first kappa shape index (κ1) is 19.7. The largest absolute Gasteiger partial charge is 0.469 e. The maximum absolute atomic E-state index is 11.9. The number of methoxy groups -OCH3 is 1. The molecule has 0 aromatic carbocycles. The predicted octanol–water partition coefficient (Wildman–Crippen LogP) is 0.200. The lowest BCUT2D eigenvalue weighted by molar-refractivity contribution is -0.139. The van der Waals surface area contributed by atoms with Crippen LogP contribution in [-0.2, 0) is 20.7 Å². The van der Waals surface area contributed by atoms with Gasteiger partial charge in [0, 0.05) is 12.1 Å². The molecular weight excluding hydrogens is 336 g/mol. The summed E-state index contributed by atoms with van der Waals surface area (Å²) in [6.45, 7) is 5.10. The van der Waals surface area contributed by atoms with Gasteiger partial charge in [-0.15, -0.1) is 0 Å². The van der Waals surface area contributed by atoms with Crippen molar-refractivity contribution < 1.29 is 19.1 Å². The molecule has 132 valence electrons. The Hall–Kier alpha value is -2.36. The van der Waals surface area contributed by atoms with Gasteiger partial charge in [-0.05, 0) is 20.8 Å². The minimum atomic E-state index is -0.681. The van der Waals surface area contributed by atoms with Crippen LogP contribution in [0.3, 0.4) is 0 Å². The van der Waals surface area contributed by atoms with Crippen molar-refractivity contribution in [3.05, 3.63) is 22.1 Å². The molecule has 24 heavy (non-hydrogen) atoms. The molecule has 1 aromatic heterocycles. The number of rotatable bonds is 6. The average molecular weight is 356 g/mol. The van der Waals surface area contributed by atoms with E-state index >= 15 is 0 Å². The van der Waals surface area contributed by atoms with E-state index in [0.29, 0.717) is 0 Å². The van der Waals surface area contributed by atoms with Crippen molar-refractivity contribution in [1.82, 2.24) is 20.6 Å². The summed E-state index contributed by atoms with van der Waals surface area (Å²) in [5.41, 5.74) is -0.213. The smallest absolute Gasteiger partial charge is 0.321 e. The third-order valence-electron chi connectivity index (χ3n) is 2.64. The number of carbonyl (C=O) groups excluding carboxylic acids is 3. The average Bonchev–Trinajstić information content (AvgIpc) is 2.45. The molecule has 1 aromatic rings. The molecule has 0 saturated heterocycles. The number of aromatic nitrogens is 2. The number of urea groups is 1. The van der Waals surface area contributed by atoms with Gasteiger partial charge >= 0.3 is 12.0 Å². The maximum atomic E-state index is 11.9. The van der Waals surface area contributed by atoms with Gasteiger partial charge in [-0.2, -0.15) is 0 Å². The predicted molar refractivity (Wildman–Crippen MR) is 87.7 cm³/mol. The van der Waals surface area contributed by atoms with Crippen molar-refractivity contribution in [2.45, 2.75) is 43.6 Å². The van der Waals surface area contributed by atoms with Gasteiger partial charge < -0.3 is 15.0 Å². The molecule has 0 fully saturated rings. The van der Waals surface area contributed by atoms with Crippen molar-refractivity contribution >= 4 is 29.7 Å². The zero-order chi connectivity index (χ0) is 18.3. The Kier molecular flexibility index (Phi) is 7.43. The molecule has 1 atom stereocenters. The Balaban J connectivity index is 2.74. The molecule has 3 N–H and O–H groups in total. The maximum Gasteiger partial charge on any atom is 0.321 e. The number of nitrogens with zero attached hydrogens (tertiary/aromatic N) is 1. The number of ether oxygens (including phenoxy) is 1. The lowest BCUT2D eigenvalue weighted by Gasteiger charge is -2.13. The first-order chi connectivity index (χ1) is 11.2. The Bertz CT molecular complexity index is 673. The minimum absolute atomic E-state index is 0.103. The standard InChI is InChI=1S/C14H20N4O5S/c1-7(2)15-13(22)18-12(21)8(3)24-14-16-9(5-10(19)17-14)6-11(20)23-4/h5,7-8H,6H2,1-4H3,(H,16,17,19)(H2,15,18,21,22)/t8-/m1/s1. The van der Waals surface area contributed by atoms with Gasteiger partial charge in [0.05, 0.1) is 24.5 Å². The summed E-state index contributed by atoms with van der Waals surface area (Å²) >= 11 is 0.965. The Morgan fingerprint density at radius 2 is 2.00 bits per heavy atom. The zero-order valence-electron chi connectivity index (χ0n) is 13.8. The highest BCUT2D eigenvalue weighted by Gasteiger charge is 2.19. The van der Waals surface area contributed by atoms with Crippen molar-refractivity contribution in [1.29, 1.82) is 0 Å². The van der Waals surface area contributed by atoms with E-state index < -0.39 is 28.7 Å². The van der Waals surface area contributed by atoms with Gasteiger partial charge in [-0.25, -0.2) is 9.78 Å². The van der Waals surface area contributed by atoms with Gasteiger partial charge in [-0.3, -0.25) is 19.7 Å². The van der Waals surface area contributed by atoms with Crippen molar-refractivity contribution in [3.63, 3.8) is 0 Å². The number of imide groups is 1. The third-order valence-corrected chi connectivity index (χ3v) is 3.62. The molecule has 3 amide bonds. The number of thioether (sulfide) groups is 1. The third kappa shape index (κ3) is 6.82. The fourth-order valence-electron chi connectivity index (χ4n) is 1.58. The molecule has 10 heteroatoms. The molecule has 0 aliphatic rings. The monoisotopic (exact) mass is 356 g/mol. The van der Waals surface area contributed by atoms with E-state index in [1.54, 1.807) is 20.8 Å². The first-order valence-electron chi connectivity index (χ1n) is 7.16. The normalized spacial score (nSPS) is 11.7. The molecule has 0 saturated carbocycles. The second-order valence-corrected chi connectivity index (χ2v) is 6.50. The van der Waals surface area contributed by atoms with Gasteiger partial charge in [0.2, 0.25) is 5.91 Å². The summed E-state index contributed by atoms with van der Waals surface area (Å²) in [4.78, 5) is 52.9. The number of amides is 3. The van der Waals surface area contributed by atoms with Crippen LogP contribution >= 0.6 is 11.8 Å². The molecule has 0 spiro atoms. The summed E-state index contributed by atoms with van der Waals surface area (Å²) in [5.74, 6) is -1.06. The van der Waals surface area contributed by atoms with Crippen molar-refractivity contribution in [2.24, 2.45) is 0 Å². The molecular formula is C14H20N4O5S. The van der Waals surface area contributed by atoms with Gasteiger partial charge in [0.1, 0.15) is 0 Å². The second kappa shape index (κ2) is 9.06. The van der Waals surface area contributed by atoms with Crippen LogP contribution in [0.4, 0.5) is 4.79 Å². The van der Waals surface area contributed by atoms with Crippen LogP contribution in [0.2, 0.25) is 0 Å². The lowest BCUT2D eigenvalue weighted by atomic mass is 10.3. The molecule has 9 nitrogen and oxygen atoms in total. The van der Waals surface area contributed by atoms with Crippen molar-refractivity contribution in [2.75, 3.05) is 7.11 Å². The number of carbonyl (C=O) groups is 3. The fourth-order valence-corrected chi connectivity index (χ4v) is 2.41. The van der Waals surface area contributed by atoms with Crippen LogP contribution in [0.5, 0.6) is 0 Å². The number of aromatic amines is 1. The number of hydrogen-bond donors (Lipinski definition) is 3. The second-order valence-electron chi connectivity index (χ2n) is 5.17. The highest BCUT2D eigenvalue weighted by Crippen LogP contribution is 2.18. The molecule has 1 heterocycles. The van der Waals surface area contributed by atoms with Crippen LogP contribution in [0.1, 0.15) is 26.5 Å². The van der Waals surface area contributed by atoms with Gasteiger partial charge in [0.25, 0.3) is 5.56 Å². The summed E-state index contributed by atoms with van der Waals surface area (Å²) in [5, 5.41) is 4.23. The van der Waals surface area contributed by atoms with E-state index in [9.17, 15) is 19.2 Å². The molecule has 0 unspecified atom stereocenters. The Morgan fingerprint density at radius 1 is 1.33 bits per heavy atom. The summed E-state index contributed by atoms with van der Waals surface area (Å²) in [6, 6.07) is 0.485. The first-order valence-corrected chi connectivity index (χ1v) is 8.04. The Morgan fingerprint density at radius 3 is 2.58 bits per heavy atom. The molecule has 0 radical (unpaired) electrons. The van der Waals surface area contributed by atoms with E-state index in [0.717, 1.165) is 11.8 Å². The quantitative estimate of drug-likeness (QED) is 0.377. The van der Waals surface area contributed by atoms with Crippen LogP contribution in [0.15, 0.2) is 16.0 Å². The number of nitrogens with one attached hydrogen (secondary N) is 3. The van der Waals surface area contributed by atoms with E-state index in [2.05, 4.69) is 25.3 Å². The van der Waals surface area contributed by atoms with Crippen LogP contribution < -0.4 is 16.2 Å². The number of esters is 1. The topological polar surface area (TPSA) is 130 Å². The zero-order valence-corrected chi connectivity index (χ0v) is 14.7. The van der Waals surface area contributed by atoms with E-state index in [-0.39, 0.29) is 23.3 Å².